The number of fused-ring (bicyclic) bond motifs is 1. The summed E-state index contributed by atoms with van der Waals surface area (Å²) in [5.74, 6) is 0.853. The number of hydrogen-bond donors (Lipinski definition) is 3. The van der Waals surface area contributed by atoms with E-state index in [4.69, 9.17) is 9.97 Å². The van der Waals surface area contributed by atoms with Crippen molar-refractivity contribution in [1.82, 2.24) is 25.3 Å². The number of anilines is 2. The van der Waals surface area contributed by atoms with Crippen molar-refractivity contribution in [2.24, 2.45) is 0 Å². The van der Waals surface area contributed by atoms with Gasteiger partial charge in [-0.3, -0.25) is 4.79 Å². The van der Waals surface area contributed by atoms with Crippen molar-refractivity contribution in [3.05, 3.63) is 84.7 Å². The number of carbonyl (C=O) groups excluding carboxylic acids is 1. The average Bonchev–Trinajstić information content (AvgIpc) is 3.38. The van der Waals surface area contributed by atoms with E-state index in [9.17, 15) is 4.79 Å². The molecule has 38 heavy (non-hydrogen) atoms. The van der Waals surface area contributed by atoms with Gasteiger partial charge in [-0.2, -0.15) is 0 Å². The van der Waals surface area contributed by atoms with Gasteiger partial charge in [0, 0.05) is 29.4 Å². The largest absolute Gasteiger partial charge is 0.367 e. The number of halogens is 1. The topological polar surface area (TPSA) is 105 Å². The molecule has 0 aliphatic carbocycles. The van der Waals surface area contributed by atoms with Gasteiger partial charge in [0.1, 0.15) is 26.9 Å². The van der Waals surface area contributed by atoms with Crippen molar-refractivity contribution >= 4 is 51.5 Å². The second-order valence-electron chi connectivity index (χ2n) is 8.84. The highest BCUT2D eigenvalue weighted by Crippen LogP contribution is 2.34. The van der Waals surface area contributed by atoms with Gasteiger partial charge in [0.15, 0.2) is 5.82 Å². The predicted molar refractivity (Wildman–Crippen MR) is 155 cm³/mol. The maximum Gasteiger partial charge on any atom is 0.274 e. The number of thiazole rings is 1. The van der Waals surface area contributed by atoms with Crippen LogP contribution in [0.1, 0.15) is 23.3 Å². The Morgan fingerprint density at radius 1 is 0.921 bits per heavy atom. The third kappa shape index (κ3) is 5.65. The smallest absolute Gasteiger partial charge is 0.274 e. The molecule has 5 aromatic rings. The number of pyridine rings is 1. The number of nitrogens with one attached hydrogen (secondary N) is 3. The highest BCUT2D eigenvalue weighted by atomic mass is 35.5. The van der Waals surface area contributed by atoms with Gasteiger partial charge in [0.2, 0.25) is 0 Å². The first-order valence-electron chi connectivity index (χ1n) is 12.3. The Morgan fingerprint density at radius 2 is 1.71 bits per heavy atom. The molecular weight excluding hydrogens is 518 g/mol. The summed E-state index contributed by atoms with van der Waals surface area (Å²) in [7, 11) is 0. The quantitative estimate of drug-likeness (QED) is 0.254. The molecule has 8 nitrogen and oxygen atoms in total. The number of benzene rings is 2. The number of aromatic nitrogens is 4. The Balaban J connectivity index is 0.00000294. The Kier molecular flexibility index (Phi) is 7.88. The lowest BCUT2D eigenvalue weighted by molar-refractivity contribution is 0.102. The molecular formula is C28H26ClN7OS. The maximum absolute atomic E-state index is 13.5. The molecule has 0 radical (unpaired) electrons. The zero-order valence-electron chi connectivity index (χ0n) is 20.4. The number of amides is 1. The first-order chi connectivity index (χ1) is 18.2. The molecule has 1 aliphatic rings. The van der Waals surface area contributed by atoms with Crippen molar-refractivity contribution in [3.63, 3.8) is 0 Å². The number of rotatable bonds is 6. The van der Waals surface area contributed by atoms with Crippen LogP contribution in [0.25, 0.3) is 32.3 Å². The van der Waals surface area contributed by atoms with Crippen LogP contribution in [0.3, 0.4) is 0 Å². The number of para-hydroxylation sites is 1. The van der Waals surface area contributed by atoms with Crippen molar-refractivity contribution in [2.45, 2.75) is 18.9 Å². The lowest BCUT2D eigenvalue weighted by Gasteiger charge is -2.24. The fourth-order valence-electron chi connectivity index (χ4n) is 4.38. The summed E-state index contributed by atoms with van der Waals surface area (Å²) in [6, 6.07) is 23.2. The number of hydrogen-bond acceptors (Lipinski definition) is 8. The van der Waals surface area contributed by atoms with Gasteiger partial charge in [-0.1, -0.05) is 53.8 Å². The molecule has 1 aliphatic heterocycles. The van der Waals surface area contributed by atoms with Gasteiger partial charge in [-0.05, 0) is 50.2 Å². The van der Waals surface area contributed by atoms with Gasteiger partial charge in [0.05, 0.1) is 5.69 Å². The van der Waals surface area contributed by atoms with Crippen molar-refractivity contribution in [1.29, 1.82) is 0 Å². The van der Waals surface area contributed by atoms with Gasteiger partial charge in [-0.15, -0.1) is 12.4 Å². The van der Waals surface area contributed by atoms with E-state index in [-0.39, 0.29) is 18.3 Å². The standard InChI is InChI=1S/C28H25N7OS.ClH/c36-26(33-21-10-5-4-9-20(21)27-34-22-11-6-14-30-28(22)37-27)23-17-24(31-19-12-15-29-16-13-19)35-25(32-23)18-7-2-1-3-8-18;/h1-11,14,17,19,29H,12-13,15-16H2,(H,33,36)(H,31,32,35);1H. The first kappa shape index (κ1) is 25.7. The summed E-state index contributed by atoms with van der Waals surface area (Å²) in [5.41, 5.74) is 3.49. The summed E-state index contributed by atoms with van der Waals surface area (Å²) in [5, 5.41) is 10.7. The van der Waals surface area contributed by atoms with Gasteiger partial charge >= 0.3 is 0 Å². The van der Waals surface area contributed by atoms with Crippen molar-refractivity contribution < 1.29 is 4.79 Å². The molecule has 0 spiro atoms. The molecule has 0 unspecified atom stereocenters. The minimum Gasteiger partial charge on any atom is -0.367 e. The molecule has 1 saturated heterocycles. The summed E-state index contributed by atoms with van der Waals surface area (Å²) >= 11 is 1.49. The fraction of sp³-hybridized carbons (Fsp3) is 0.179. The Labute approximate surface area is 230 Å². The van der Waals surface area contributed by atoms with E-state index in [0.29, 0.717) is 29.1 Å². The molecule has 192 valence electrons. The van der Waals surface area contributed by atoms with E-state index in [1.807, 2.05) is 66.7 Å². The number of nitrogens with zero attached hydrogens (tertiary/aromatic N) is 4. The zero-order chi connectivity index (χ0) is 25.0. The molecule has 0 atom stereocenters. The van der Waals surface area contributed by atoms with E-state index in [0.717, 1.165) is 52.4 Å². The third-order valence-corrected chi connectivity index (χ3v) is 7.27. The van der Waals surface area contributed by atoms with E-state index < -0.39 is 0 Å². The van der Waals surface area contributed by atoms with Crippen LogP contribution in [0.2, 0.25) is 0 Å². The SMILES string of the molecule is Cl.O=C(Nc1ccccc1-c1nc2cccnc2s1)c1cc(NC2CCNCC2)nc(-c2ccccc2)n1. The minimum absolute atomic E-state index is 0. The Bertz CT molecular complexity index is 1520. The van der Waals surface area contributed by atoms with Gasteiger partial charge < -0.3 is 16.0 Å². The van der Waals surface area contributed by atoms with Crippen molar-refractivity contribution in [2.75, 3.05) is 23.7 Å². The van der Waals surface area contributed by atoms with Crippen LogP contribution in [0.5, 0.6) is 0 Å². The number of piperidine rings is 1. The van der Waals surface area contributed by atoms with Crippen LogP contribution in [0, 0.1) is 0 Å². The molecule has 0 saturated carbocycles. The van der Waals surface area contributed by atoms with Crippen LogP contribution in [0.15, 0.2) is 79.0 Å². The van der Waals surface area contributed by atoms with Crippen molar-refractivity contribution in [3.8, 4) is 22.0 Å². The second-order valence-corrected chi connectivity index (χ2v) is 9.82. The summed E-state index contributed by atoms with van der Waals surface area (Å²) < 4.78 is 0. The number of carbonyl (C=O) groups is 1. The second kappa shape index (κ2) is 11.6. The molecule has 2 aromatic carbocycles. The van der Waals surface area contributed by atoms with Crippen LogP contribution >= 0.6 is 23.7 Å². The lowest BCUT2D eigenvalue weighted by Crippen LogP contribution is -2.35. The molecule has 10 heteroatoms. The van der Waals surface area contributed by atoms with Gasteiger partial charge in [0.25, 0.3) is 5.91 Å². The van der Waals surface area contributed by atoms with Crippen LogP contribution in [-0.2, 0) is 0 Å². The zero-order valence-corrected chi connectivity index (χ0v) is 22.1. The summed E-state index contributed by atoms with van der Waals surface area (Å²) in [6.45, 7) is 1.92. The maximum atomic E-state index is 13.5. The average molecular weight is 544 g/mol. The van der Waals surface area contributed by atoms with Gasteiger partial charge in [-0.25, -0.2) is 19.9 Å². The fourth-order valence-corrected chi connectivity index (χ4v) is 5.33. The molecule has 1 amide bonds. The van der Waals surface area contributed by atoms with Crippen LogP contribution in [0.4, 0.5) is 11.5 Å². The minimum atomic E-state index is -0.306. The van der Waals surface area contributed by atoms with E-state index in [1.54, 1.807) is 12.3 Å². The molecule has 4 heterocycles. The Hall–Kier alpha value is -3.92. The molecule has 3 N–H and O–H groups in total. The first-order valence-corrected chi connectivity index (χ1v) is 13.1. The van der Waals surface area contributed by atoms with E-state index in [2.05, 4.69) is 25.9 Å². The molecule has 3 aromatic heterocycles. The summed E-state index contributed by atoms with van der Waals surface area (Å²) in [6.07, 6.45) is 3.75. The molecule has 1 fully saturated rings. The third-order valence-electron chi connectivity index (χ3n) is 6.25. The Morgan fingerprint density at radius 3 is 2.53 bits per heavy atom. The molecule has 6 rings (SSSR count). The van der Waals surface area contributed by atoms with Crippen LogP contribution < -0.4 is 16.0 Å². The van der Waals surface area contributed by atoms with E-state index >= 15 is 0 Å². The molecule has 0 bridgehead atoms. The highest BCUT2D eigenvalue weighted by Gasteiger charge is 2.19. The predicted octanol–water partition coefficient (Wildman–Crippen LogP) is 5.65. The lowest BCUT2D eigenvalue weighted by atomic mass is 10.1. The normalized spacial score (nSPS) is 13.6. The summed E-state index contributed by atoms with van der Waals surface area (Å²) in [4.78, 5) is 32.9. The monoisotopic (exact) mass is 543 g/mol. The van der Waals surface area contributed by atoms with E-state index in [1.165, 1.54) is 11.3 Å². The highest BCUT2D eigenvalue weighted by molar-refractivity contribution is 7.21. The van der Waals surface area contributed by atoms with Crippen LogP contribution in [-0.4, -0.2) is 45.0 Å².